The van der Waals surface area contributed by atoms with Gasteiger partial charge in [0.1, 0.15) is 0 Å². The van der Waals surface area contributed by atoms with Crippen LogP contribution < -0.4 is 11.5 Å². The number of nitrogens with two attached hydrogens (primary N) is 2. The molecule has 0 aromatic carbocycles. The average Bonchev–Trinajstić information content (AvgIpc) is 2.45. The van der Waals surface area contributed by atoms with Crippen molar-refractivity contribution in [3.05, 3.63) is 0 Å². The number of nitrogens with zero attached hydrogens (tertiary/aromatic N) is 1. The minimum atomic E-state index is -0.261. The average molecular weight is 302 g/mol. The Hall–Kier alpha value is -0.160. The van der Waals surface area contributed by atoms with E-state index in [1.54, 1.807) is 0 Å². The fourth-order valence-electron chi connectivity index (χ4n) is 2.95. The lowest BCUT2D eigenvalue weighted by Gasteiger charge is -2.36. The predicted octanol–water partition coefficient (Wildman–Crippen LogP) is 2.48. The second-order valence-electron chi connectivity index (χ2n) is 6.52. The van der Waals surface area contributed by atoms with Gasteiger partial charge in [-0.3, -0.25) is 4.90 Å². The van der Waals surface area contributed by atoms with Gasteiger partial charge in [0.15, 0.2) is 0 Å². The van der Waals surface area contributed by atoms with Crippen molar-refractivity contribution in [3.63, 3.8) is 0 Å². The lowest BCUT2D eigenvalue weighted by Crippen LogP contribution is -2.44. The maximum Gasteiger partial charge on any atom is 0.0639 e. The molecule has 0 amide bonds. The summed E-state index contributed by atoms with van der Waals surface area (Å²) in [4.78, 5) is 2.48. The monoisotopic (exact) mass is 301 g/mol. The van der Waals surface area contributed by atoms with E-state index in [1.807, 2.05) is 6.92 Å². The van der Waals surface area contributed by atoms with Crippen LogP contribution in [0.2, 0.25) is 0 Å². The largest absolute Gasteiger partial charge is 0.392 e. The molecule has 21 heavy (non-hydrogen) atoms. The first-order valence-corrected chi connectivity index (χ1v) is 8.86. The second-order valence-corrected chi connectivity index (χ2v) is 6.52. The summed E-state index contributed by atoms with van der Waals surface area (Å²) in [5, 5.41) is 9.77. The fourth-order valence-corrected chi connectivity index (χ4v) is 2.95. The van der Waals surface area contributed by atoms with Crippen molar-refractivity contribution in [1.29, 1.82) is 0 Å². The van der Waals surface area contributed by atoms with Crippen LogP contribution >= 0.6 is 0 Å². The molecule has 0 aromatic heterocycles. The topological polar surface area (TPSA) is 75.5 Å². The first-order valence-electron chi connectivity index (χ1n) is 8.86. The number of aliphatic hydroxyl groups is 1. The summed E-state index contributed by atoms with van der Waals surface area (Å²) < 4.78 is 0. The zero-order chi connectivity index (χ0) is 16.1. The molecule has 5 N–H and O–H groups in total. The Morgan fingerprint density at radius 3 is 1.52 bits per heavy atom. The summed E-state index contributed by atoms with van der Waals surface area (Å²) in [6, 6.07) is 1.06. The van der Waals surface area contributed by atoms with Crippen molar-refractivity contribution >= 4 is 0 Å². The van der Waals surface area contributed by atoms with E-state index in [-0.39, 0.29) is 6.10 Å². The van der Waals surface area contributed by atoms with Gasteiger partial charge < -0.3 is 16.6 Å². The number of hydrogen-bond donors (Lipinski definition) is 3. The van der Waals surface area contributed by atoms with E-state index in [0.717, 1.165) is 32.5 Å². The molecule has 3 atom stereocenters. The van der Waals surface area contributed by atoms with Gasteiger partial charge in [-0.05, 0) is 59.5 Å². The van der Waals surface area contributed by atoms with Gasteiger partial charge in [-0.1, -0.05) is 25.7 Å². The molecule has 4 heteroatoms. The molecule has 0 heterocycles. The lowest BCUT2D eigenvalue weighted by atomic mass is 10.0. The molecule has 0 aliphatic carbocycles. The van der Waals surface area contributed by atoms with E-state index < -0.39 is 0 Å². The third-order valence-electron chi connectivity index (χ3n) is 4.26. The first kappa shape index (κ1) is 20.8. The highest BCUT2D eigenvalue weighted by molar-refractivity contribution is 4.76. The molecule has 0 aliphatic heterocycles. The highest BCUT2D eigenvalue weighted by atomic mass is 16.3. The maximum atomic E-state index is 9.77. The van der Waals surface area contributed by atoms with Gasteiger partial charge in [-0.15, -0.1) is 0 Å². The molecule has 0 saturated carbocycles. The van der Waals surface area contributed by atoms with Crippen molar-refractivity contribution in [2.24, 2.45) is 11.5 Å². The molecule has 0 radical (unpaired) electrons. The second kappa shape index (κ2) is 13.5. The van der Waals surface area contributed by atoms with E-state index in [2.05, 4.69) is 18.7 Å². The Morgan fingerprint density at radius 2 is 1.19 bits per heavy atom. The van der Waals surface area contributed by atoms with Crippen molar-refractivity contribution in [2.45, 2.75) is 90.3 Å². The van der Waals surface area contributed by atoms with Crippen molar-refractivity contribution < 1.29 is 5.11 Å². The van der Waals surface area contributed by atoms with Crippen molar-refractivity contribution in [1.82, 2.24) is 4.90 Å². The van der Waals surface area contributed by atoms with Crippen LogP contribution in [-0.2, 0) is 0 Å². The van der Waals surface area contributed by atoms with Crippen LogP contribution in [0.15, 0.2) is 0 Å². The molecule has 0 fully saturated rings. The molecule has 0 bridgehead atoms. The summed E-state index contributed by atoms with van der Waals surface area (Å²) in [5.41, 5.74) is 11.1. The van der Waals surface area contributed by atoms with Crippen LogP contribution in [0, 0.1) is 0 Å². The van der Waals surface area contributed by atoms with Crippen LogP contribution in [0.3, 0.4) is 0 Å². The van der Waals surface area contributed by atoms with Crippen LogP contribution in [-0.4, -0.2) is 47.8 Å². The standard InChI is InChI=1S/C17H39N3O/c1-15(10-6-4-8-12-18)20(14-17(3)21)16(2)11-7-5-9-13-19/h15-17,21H,4-14,18-19H2,1-3H3. The lowest BCUT2D eigenvalue weighted by molar-refractivity contribution is 0.0672. The molecule has 4 nitrogen and oxygen atoms in total. The molecular formula is C17H39N3O. The van der Waals surface area contributed by atoms with Gasteiger partial charge in [0, 0.05) is 18.6 Å². The highest BCUT2D eigenvalue weighted by Crippen LogP contribution is 2.17. The minimum absolute atomic E-state index is 0.261. The number of hydrogen-bond acceptors (Lipinski definition) is 4. The van der Waals surface area contributed by atoms with Crippen molar-refractivity contribution in [2.75, 3.05) is 19.6 Å². The summed E-state index contributed by atoms with van der Waals surface area (Å²) in [7, 11) is 0. The van der Waals surface area contributed by atoms with Gasteiger partial charge in [0.05, 0.1) is 6.10 Å². The fraction of sp³-hybridized carbons (Fsp3) is 1.00. The minimum Gasteiger partial charge on any atom is -0.392 e. The van der Waals surface area contributed by atoms with E-state index in [0.29, 0.717) is 12.1 Å². The Balaban J connectivity index is 4.20. The summed E-state index contributed by atoms with van der Waals surface area (Å²) >= 11 is 0. The van der Waals surface area contributed by atoms with Crippen LogP contribution in [0.4, 0.5) is 0 Å². The normalized spacial score (nSPS) is 16.1. The third kappa shape index (κ3) is 11.1. The van der Waals surface area contributed by atoms with Crippen LogP contribution in [0.5, 0.6) is 0 Å². The van der Waals surface area contributed by atoms with Gasteiger partial charge in [0.2, 0.25) is 0 Å². The van der Waals surface area contributed by atoms with Gasteiger partial charge in [0.25, 0.3) is 0 Å². The zero-order valence-corrected chi connectivity index (χ0v) is 14.6. The third-order valence-corrected chi connectivity index (χ3v) is 4.26. The summed E-state index contributed by atoms with van der Waals surface area (Å²) in [6.07, 6.45) is 9.27. The Morgan fingerprint density at radius 1 is 0.762 bits per heavy atom. The number of rotatable bonds is 14. The Kier molecular flexibility index (Phi) is 13.4. The van der Waals surface area contributed by atoms with Crippen molar-refractivity contribution in [3.8, 4) is 0 Å². The molecule has 3 unspecified atom stereocenters. The molecule has 0 rings (SSSR count). The van der Waals surface area contributed by atoms with Crippen LogP contribution in [0.1, 0.15) is 72.1 Å². The quantitative estimate of drug-likeness (QED) is 0.431. The molecule has 128 valence electrons. The zero-order valence-electron chi connectivity index (χ0n) is 14.6. The maximum absolute atomic E-state index is 9.77. The van der Waals surface area contributed by atoms with E-state index in [4.69, 9.17) is 11.5 Å². The number of unbranched alkanes of at least 4 members (excludes halogenated alkanes) is 4. The van der Waals surface area contributed by atoms with Crippen LogP contribution in [0.25, 0.3) is 0 Å². The SMILES string of the molecule is CC(O)CN(C(C)CCCCCN)C(C)CCCCCN. The van der Waals surface area contributed by atoms with Gasteiger partial charge in [-0.2, -0.15) is 0 Å². The van der Waals surface area contributed by atoms with E-state index >= 15 is 0 Å². The number of aliphatic hydroxyl groups excluding tert-OH is 1. The molecular weight excluding hydrogens is 262 g/mol. The smallest absolute Gasteiger partial charge is 0.0639 e. The van der Waals surface area contributed by atoms with Gasteiger partial charge in [-0.25, -0.2) is 0 Å². The Labute approximate surface area is 132 Å². The highest BCUT2D eigenvalue weighted by Gasteiger charge is 2.20. The van der Waals surface area contributed by atoms with Gasteiger partial charge >= 0.3 is 0 Å². The molecule has 0 saturated heterocycles. The molecule has 0 aliphatic rings. The Bertz CT molecular complexity index is 206. The molecule has 0 spiro atoms. The summed E-state index contributed by atoms with van der Waals surface area (Å²) in [5.74, 6) is 0. The molecule has 0 aromatic rings. The van der Waals surface area contributed by atoms with E-state index in [1.165, 1.54) is 38.5 Å². The predicted molar refractivity (Wildman–Crippen MR) is 92.4 cm³/mol. The summed E-state index contributed by atoms with van der Waals surface area (Å²) in [6.45, 7) is 8.83. The van der Waals surface area contributed by atoms with E-state index in [9.17, 15) is 5.11 Å². The first-order chi connectivity index (χ1) is 10.0.